The molecular weight excluding hydrogens is 1890 g/mol. The van der Waals surface area contributed by atoms with Gasteiger partial charge in [-0.2, -0.15) is 0 Å². The van der Waals surface area contributed by atoms with Crippen molar-refractivity contribution in [2.45, 2.75) is 149 Å². The van der Waals surface area contributed by atoms with Crippen molar-refractivity contribution >= 4 is 126 Å². The number of hydrogen-bond donors (Lipinski definition) is 3. The molecule has 742 valence electrons. The Morgan fingerprint density at radius 2 is 0.903 bits per heavy atom. The second-order valence-corrected chi connectivity index (χ2v) is 39.5. The van der Waals surface area contributed by atoms with E-state index in [1.807, 2.05) is 39.6 Å². The van der Waals surface area contributed by atoms with Gasteiger partial charge in [0.05, 0.1) is 157 Å². The number of aromatic nitrogens is 8. The van der Waals surface area contributed by atoms with Gasteiger partial charge in [0.2, 0.25) is 17.7 Å². The van der Waals surface area contributed by atoms with Gasteiger partial charge in [-0.05, 0) is 162 Å². The fourth-order valence-corrected chi connectivity index (χ4v) is 22.3. The molecule has 0 spiro atoms. The molecule has 5 fully saturated rings. The zero-order valence-corrected chi connectivity index (χ0v) is 81.4. The molecular formula is C105H98ClF7N18O13. The van der Waals surface area contributed by atoms with Crippen LogP contribution in [0.15, 0.2) is 130 Å². The third-order valence-electron chi connectivity index (χ3n) is 28.9. The van der Waals surface area contributed by atoms with E-state index in [-0.39, 0.29) is 178 Å². The van der Waals surface area contributed by atoms with Crippen LogP contribution in [-0.4, -0.2) is 237 Å². The molecule has 8 aliphatic rings. The Morgan fingerprint density at radius 1 is 0.458 bits per heavy atom. The van der Waals surface area contributed by atoms with E-state index in [0.29, 0.717) is 16.8 Å². The van der Waals surface area contributed by atoms with Crippen LogP contribution in [0.5, 0.6) is 17.2 Å². The Bertz CT molecular complexity index is 7880. The summed E-state index contributed by atoms with van der Waals surface area (Å²) in [5.74, 6) is -16.3. The van der Waals surface area contributed by atoms with Crippen LogP contribution >= 0.6 is 11.6 Å². The van der Waals surface area contributed by atoms with Gasteiger partial charge < -0.3 is 59.3 Å². The molecule has 39 heteroatoms. The normalized spacial score (nSPS) is 19.4. The monoisotopic (exact) mass is 1990 g/mol. The number of hydrogen-bond acceptors (Lipinski definition) is 22. The molecule has 12 aromatic rings. The number of phenols is 3. The largest absolute Gasteiger partial charge is 0.507 e. The highest BCUT2D eigenvalue weighted by atomic mass is 35.5. The first-order valence-corrected chi connectivity index (χ1v) is 47.6. The molecule has 20 rings (SSSR count). The first kappa shape index (κ1) is 96.3. The third-order valence-corrected chi connectivity index (χ3v) is 29.2. The van der Waals surface area contributed by atoms with Crippen LogP contribution in [0.4, 0.5) is 64.9 Å². The summed E-state index contributed by atoms with van der Waals surface area (Å²) < 4.78 is 129. The number of aryl methyl sites for hydroxylation is 3. The number of rotatable bonds is 16. The standard InChI is InChI=1S/C105H98ClF7N18O13/c1-16-74(135)121-41-67-100(138)120(15)96-93(124(67)36-51(121)10)58-34-65(110)81(78-63(108)21-18-24-71(78)133)83(113)92(58)130(103(96)141)90-54(13)115-73(117-86(90)48(6)7)27-29-76(137)123-42-68-101(139)127(56-39-119(14)40-56)98-95(126(68)38-53(123)12)60-33-61(106)87(79-64(109)22-19-25-72(79)134)118-99(60)131(105(98)143)89-50(9)32-55(116-85(89)47(4)5)26-28-75(136)122-43-69-102(140)128(57-44-144-45-57)97-94(125(69)37-52(122)11)59-35-66(111)80(77-62(107)20-17-23-70(77)132)82(112)91(59)129(104(97)142)88-49(8)30-31-114-84(88)46(2)3/h16-35,46-48,51-53,56-57,67-69,132-134H,1,36-45H2,2-15H3/b28-26-,29-27+. The van der Waals surface area contributed by atoms with Crippen molar-refractivity contribution in [3.8, 4) is 67.8 Å². The van der Waals surface area contributed by atoms with Crippen LogP contribution < -0.4 is 46.1 Å². The fraction of sp³-hybridized carbons (Fsp3) is 0.333. The lowest BCUT2D eigenvalue weighted by Gasteiger charge is -2.53. The number of carbonyl (C=O) groups excluding carboxylic acids is 6. The summed E-state index contributed by atoms with van der Waals surface area (Å²) in [7, 11) is 3.15. The van der Waals surface area contributed by atoms with E-state index in [1.54, 1.807) is 70.4 Å². The SMILES string of the molecule is C=CC(=O)N1CC2C(=O)N(C)c3c(c4cc(F)c(-c5c(O)cccc5F)c(F)c4n(-c4c(C)nc(/C=C/C(=O)N5CC6C(=O)N(C7CN(C)C7)c7c(c8cc(Cl)c(-c9c(O)cccc9F)nc8n(-c8c(C)cc(/C=C\C(=O)N9CC%10C(=O)N(C%11COC%11)c%11c(c%12cc(F)c(-c%13c(O)cccc%13F)c(F)c%12n(-c%12c(C)ccnc%12C(C)C)c%11=O)N%10CC9C)nc8C(C)C)c7=O)N6CC5C)nc4C(C)C)c3=O)N2CC1C. The first-order valence-electron chi connectivity index (χ1n) is 47.2. The number of fused-ring (bicyclic) bond motifs is 15. The Kier molecular flexibility index (Phi) is 23.9. The molecule has 7 aromatic heterocycles. The van der Waals surface area contributed by atoms with Crippen molar-refractivity contribution in [2.75, 3.05) is 109 Å². The molecule has 0 radical (unpaired) electrons. The molecule has 0 aliphatic carbocycles. The number of benzene rings is 5. The van der Waals surface area contributed by atoms with Gasteiger partial charge in [0.1, 0.15) is 81.5 Å². The van der Waals surface area contributed by atoms with Gasteiger partial charge in [-0.1, -0.05) is 77.9 Å². The zero-order valence-electron chi connectivity index (χ0n) is 80.7. The van der Waals surface area contributed by atoms with Crippen molar-refractivity contribution in [1.82, 2.24) is 58.2 Å². The maximum atomic E-state index is 18.4. The predicted octanol–water partition coefficient (Wildman–Crippen LogP) is 13.8. The number of aromatic hydroxyl groups is 3. The summed E-state index contributed by atoms with van der Waals surface area (Å²) >= 11 is 7.36. The van der Waals surface area contributed by atoms with Crippen LogP contribution in [0.3, 0.4) is 0 Å². The van der Waals surface area contributed by atoms with Crippen molar-refractivity contribution in [3.05, 3.63) is 238 Å². The Hall–Kier alpha value is -15.2. The lowest BCUT2D eigenvalue weighted by Crippen LogP contribution is -2.71. The number of nitrogens with zero attached hydrogens (tertiary/aromatic N) is 18. The molecule has 6 amide bonds. The van der Waals surface area contributed by atoms with Crippen LogP contribution in [0, 0.1) is 61.5 Å². The van der Waals surface area contributed by atoms with Gasteiger partial charge >= 0.3 is 0 Å². The maximum absolute atomic E-state index is 18.4. The van der Waals surface area contributed by atoms with E-state index in [9.17, 15) is 24.9 Å². The van der Waals surface area contributed by atoms with Gasteiger partial charge in [0.25, 0.3) is 34.4 Å². The Labute approximate surface area is 823 Å². The number of likely N-dealkylation sites (tertiary alicyclic amines) is 1. The highest BCUT2D eigenvalue weighted by molar-refractivity contribution is 6.34. The summed E-state index contributed by atoms with van der Waals surface area (Å²) in [5, 5.41) is 33.3. The number of carbonyl (C=O) groups is 6. The minimum absolute atomic E-state index is 0.00126. The second kappa shape index (κ2) is 35.7. The number of piperazine rings is 3. The number of halogens is 8. The highest BCUT2D eigenvalue weighted by Gasteiger charge is 2.55. The van der Waals surface area contributed by atoms with Crippen molar-refractivity contribution in [1.29, 1.82) is 0 Å². The van der Waals surface area contributed by atoms with Crippen LogP contribution in [0.2, 0.25) is 5.02 Å². The van der Waals surface area contributed by atoms with Crippen molar-refractivity contribution in [2.24, 2.45) is 0 Å². The Morgan fingerprint density at radius 3 is 1.39 bits per heavy atom. The summed E-state index contributed by atoms with van der Waals surface area (Å²) in [4.78, 5) is 178. The van der Waals surface area contributed by atoms with E-state index >= 15 is 64.3 Å². The molecule has 31 nitrogen and oxygen atoms in total. The molecule has 5 aromatic carbocycles. The van der Waals surface area contributed by atoms with Crippen LogP contribution in [0.1, 0.15) is 125 Å². The van der Waals surface area contributed by atoms with E-state index in [1.165, 1.54) is 103 Å². The van der Waals surface area contributed by atoms with Gasteiger partial charge in [0.15, 0.2) is 23.1 Å². The molecule has 6 unspecified atom stereocenters. The lowest BCUT2D eigenvalue weighted by atomic mass is 9.93. The lowest BCUT2D eigenvalue weighted by molar-refractivity contribution is -0.132. The smallest absolute Gasteiger partial charge is 0.283 e. The summed E-state index contributed by atoms with van der Waals surface area (Å²) in [6.07, 6.45) is 7.83. The molecule has 5 saturated heterocycles. The van der Waals surface area contributed by atoms with E-state index < -0.39 is 215 Å². The average Bonchev–Trinajstić information content (AvgIpc) is 0.694. The molecule has 3 N–H and O–H groups in total. The average molecular weight is 1990 g/mol. The van der Waals surface area contributed by atoms with Gasteiger partial charge in [-0.3, -0.25) is 76.6 Å². The van der Waals surface area contributed by atoms with Crippen LogP contribution in [-0.2, 0) is 33.5 Å². The minimum atomic E-state index is -1.48. The molecule has 8 aliphatic heterocycles. The quantitative estimate of drug-likeness (QED) is 0.0597. The number of ether oxygens (including phenoxy) is 1. The van der Waals surface area contributed by atoms with E-state index in [2.05, 4.69) is 11.6 Å². The fourth-order valence-electron chi connectivity index (χ4n) is 22.1. The van der Waals surface area contributed by atoms with E-state index in [4.69, 9.17) is 36.3 Å². The molecule has 0 bridgehead atoms. The van der Waals surface area contributed by atoms with Gasteiger partial charge in [0, 0.05) is 92.4 Å². The number of likely N-dealkylation sites (N-methyl/N-ethyl adjacent to an activating group) is 2. The van der Waals surface area contributed by atoms with Crippen molar-refractivity contribution < 1.29 is 79.6 Å². The first-order chi connectivity index (χ1) is 68.5. The number of pyridine rings is 6. The predicted molar refractivity (Wildman–Crippen MR) is 530 cm³/mol. The van der Waals surface area contributed by atoms with Crippen molar-refractivity contribution in [3.63, 3.8) is 0 Å². The maximum Gasteiger partial charge on any atom is 0.283 e. The number of phenolic OH excluding ortho intramolecular Hbond substituents is 3. The van der Waals surface area contributed by atoms with E-state index in [0.717, 1.165) is 68.6 Å². The van der Waals surface area contributed by atoms with Gasteiger partial charge in [-0.25, -0.2) is 45.7 Å². The third kappa shape index (κ3) is 14.9. The molecule has 15 heterocycles. The Balaban J connectivity index is 0.653. The molecule has 6 atom stereocenters. The zero-order chi connectivity index (χ0) is 103. The number of amides is 6. The number of anilines is 6. The molecule has 144 heavy (non-hydrogen) atoms. The van der Waals surface area contributed by atoms with Crippen LogP contribution in [0.25, 0.3) is 95.6 Å². The summed E-state index contributed by atoms with van der Waals surface area (Å²) in [6.45, 7) is 23.5. The second-order valence-electron chi connectivity index (χ2n) is 39.1. The summed E-state index contributed by atoms with van der Waals surface area (Å²) in [6, 6.07) is 9.02. The highest BCUT2D eigenvalue weighted by Crippen LogP contribution is 2.53. The van der Waals surface area contributed by atoms with Gasteiger partial charge in [-0.15, -0.1) is 0 Å². The summed E-state index contributed by atoms with van der Waals surface area (Å²) in [5.41, 5.74) is -7.02. The minimum Gasteiger partial charge on any atom is -0.507 e. The topological polar surface area (TPSA) is 335 Å². The molecule has 0 saturated carbocycles.